The Morgan fingerprint density at radius 2 is 2.22 bits per heavy atom. The van der Waals surface area contributed by atoms with Crippen molar-refractivity contribution in [3.05, 3.63) is 11.8 Å². The molecule has 0 radical (unpaired) electrons. The van der Waals surface area contributed by atoms with Gasteiger partial charge >= 0.3 is 0 Å². The molecule has 1 aromatic rings. The van der Waals surface area contributed by atoms with Crippen LogP contribution in [-0.4, -0.2) is 47.1 Å². The number of piperazine rings is 1. The number of nitrogens with one attached hydrogen (secondary N) is 1. The van der Waals surface area contributed by atoms with Gasteiger partial charge in [0.25, 0.3) is 0 Å². The Labute approximate surface area is 108 Å². The van der Waals surface area contributed by atoms with Gasteiger partial charge in [-0.3, -0.25) is 10.3 Å². The molecule has 100 valence electrons. The van der Waals surface area contributed by atoms with Crippen LogP contribution in [0.1, 0.15) is 19.5 Å². The predicted molar refractivity (Wildman–Crippen MR) is 73.5 cm³/mol. The minimum atomic E-state index is 0.482. The van der Waals surface area contributed by atoms with Crippen LogP contribution in [0.3, 0.4) is 0 Å². The Balaban J connectivity index is 2.15. The molecule has 18 heavy (non-hydrogen) atoms. The van der Waals surface area contributed by atoms with Gasteiger partial charge in [-0.25, -0.2) is 10.8 Å². The first-order chi connectivity index (χ1) is 8.63. The number of hydrogen-bond acceptors (Lipinski definition) is 6. The number of aromatic nitrogens is 2. The molecule has 6 nitrogen and oxygen atoms in total. The number of hydrazine groups is 1. The van der Waals surface area contributed by atoms with Gasteiger partial charge < -0.3 is 4.90 Å². The SMILES string of the molecule is CCN1CCN(c2cc(C)nc(NN)n2)CC1C. The monoisotopic (exact) mass is 250 g/mol. The van der Waals surface area contributed by atoms with Crippen molar-refractivity contribution in [1.29, 1.82) is 0 Å². The van der Waals surface area contributed by atoms with Gasteiger partial charge in [0.05, 0.1) is 0 Å². The van der Waals surface area contributed by atoms with Crippen molar-refractivity contribution in [1.82, 2.24) is 14.9 Å². The molecule has 1 aliphatic heterocycles. The highest BCUT2D eigenvalue weighted by Gasteiger charge is 2.23. The lowest BCUT2D eigenvalue weighted by Gasteiger charge is -2.40. The summed E-state index contributed by atoms with van der Waals surface area (Å²) in [7, 11) is 0. The average molecular weight is 250 g/mol. The summed E-state index contributed by atoms with van der Waals surface area (Å²) in [5.41, 5.74) is 3.45. The van der Waals surface area contributed by atoms with Crippen molar-refractivity contribution in [2.75, 3.05) is 36.5 Å². The van der Waals surface area contributed by atoms with Crippen LogP contribution >= 0.6 is 0 Å². The summed E-state index contributed by atoms with van der Waals surface area (Å²) in [6, 6.07) is 2.56. The quantitative estimate of drug-likeness (QED) is 0.605. The maximum atomic E-state index is 5.39. The lowest BCUT2D eigenvalue weighted by molar-refractivity contribution is 0.199. The van der Waals surface area contributed by atoms with Crippen LogP contribution in [0.25, 0.3) is 0 Å². The highest BCUT2D eigenvalue weighted by molar-refractivity contribution is 5.45. The summed E-state index contributed by atoms with van der Waals surface area (Å²) in [6.07, 6.45) is 0. The molecule has 3 N–H and O–H groups in total. The number of nitrogens with zero attached hydrogens (tertiary/aromatic N) is 4. The van der Waals surface area contributed by atoms with E-state index in [1.807, 2.05) is 13.0 Å². The fraction of sp³-hybridized carbons (Fsp3) is 0.667. The summed E-state index contributed by atoms with van der Waals surface area (Å²) in [5, 5.41) is 0. The minimum absolute atomic E-state index is 0.482. The van der Waals surface area contributed by atoms with Gasteiger partial charge in [-0.1, -0.05) is 6.92 Å². The van der Waals surface area contributed by atoms with Crippen LogP contribution in [0, 0.1) is 6.92 Å². The fourth-order valence-electron chi connectivity index (χ4n) is 2.45. The molecule has 0 saturated carbocycles. The van der Waals surface area contributed by atoms with E-state index >= 15 is 0 Å². The summed E-state index contributed by atoms with van der Waals surface area (Å²) >= 11 is 0. The maximum Gasteiger partial charge on any atom is 0.239 e. The van der Waals surface area contributed by atoms with E-state index in [2.05, 4.69) is 39.0 Å². The molecule has 0 amide bonds. The van der Waals surface area contributed by atoms with E-state index in [4.69, 9.17) is 5.84 Å². The molecule has 0 aliphatic carbocycles. The van der Waals surface area contributed by atoms with Gasteiger partial charge in [0.15, 0.2) is 0 Å². The molecule has 0 spiro atoms. The number of rotatable bonds is 3. The maximum absolute atomic E-state index is 5.39. The molecule has 2 heterocycles. The zero-order valence-corrected chi connectivity index (χ0v) is 11.3. The largest absolute Gasteiger partial charge is 0.354 e. The van der Waals surface area contributed by atoms with E-state index < -0.39 is 0 Å². The molecular formula is C12H22N6. The Kier molecular flexibility index (Phi) is 3.98. The topological polar surface area (TPSA) is 70.3 Å². The van der Waals surface area contributed by atoms with Gasteiger partial charge in [-0.2, -0.15) is 4.98 Å². The average Bonchev–Trinajstić information content (AvgIpc) is 2.37. The lowest BCUT2D eigenvalue weighted by atomic mass is 10.2. The Morgan fingerprint density at radius 3 is 2.83 bits per heavy atom. The molecule has 6 heteroatoms. The van der Waals surface area contributed by atoms with E-state index in [0.717, 1.165) is 37.7 Å². The number of nitrogens with two attached hydrogens (primary N) is 1. The fourth-order valence-corrected chi connectivity index (χ4v) is 2.45. The molecule has 1 atom stereocenters. The number of anilines is 2. The number of nitrogen functional groups attached to an aromatic ring is 1. The van der Waals surface area contributed by atoms with Gasteiger partial charge in [0.1, 0.15) is 5.82 Å². The van der Waals surface area contributed by atoms with Crippen LogP contribution < -0.4 is 16.2 Å². The van der Waals surface area contributed by atoms with Crippen molar-refractivity contribution in [3.63, 3.8) is 0 Å². The first-order valence-electron chi connectivity index (χ1n) is 6.45. The van der Waals surface area contributed by atoms with Gasteiger partial charge in [0, 0.05) is 37.4 Å². The van der Waals surface area contributed by atoms with Crippen LogP contribution in [0.15, 0.2) is 6.07 Å². The van der Waals surface area contributed by atoms with Gasteiger partial charge in [-0.15, -0.1) is 0 Å². The number of aryl methyl sites for hydroxylation is 1. The molecule has 0 bridgehead atoms. The van der Waals surface area contributed by atoms with Crippen molar-refractivity contribution < 1.29 is 0 Å². The highest BCUT2D eigenvalue weighted by Crippen LogP contribution is 2.18. The lowest BCUT2D eigenvalue weighted by Crippen LogP contribution is -2.52. The van der Waals surface area contributed by atoms with E-state index in [1.165, 1.54) is 0 Å². The molecule has 2 rings (SSSR count). The van der Waals surface area contributed by atoms with Gasteiger partial charge in [0.2, 0.25) is 5.95 Å². The van der Waals surface area contributed by atoms with E-state index in [0.29, 0.717) is 12.0 Å². The highest BCUT2D eigenvalue weighted by atomic mass is 15.3. The van der Waals surface area contributed by atoms with Crippen molar-refractivity contribution in [3.8, 4) is 0 Å². The van der Waals surface area contributed by atoms with Crippen LogP contribution in [0.2, 0.25) is 0 Å². The normalized spacial score (nSPS) is 21.1. The molecule has 1 unspecified atom stereocenters. The zero-order valence-electron chi connectivity index (χ0n) is 11.3. The number of hydrogen-bond donors (Lipinski definition) is 2. The summed E-state index contributed by atoms with van der Waals surface area (Å²) < 4.78 is 0. The Bertz CT molecular complexity index is 408. The molecule has 0 aromatic carbocycles. The second-order valence-electron chi connectivity index (χ2n) is 4.76. The van der Waals surface area contributed by atoms with Crippen LogP contribution in [-0.2, 0) is 0 Å². The van der Waals surface area contributed by atoms with Crippen molar-refractivity contribution >= 4 is 11.8 Å². The molecule has 1 aromatic heterocycles. The number of likely N-dealkylation sites (N-methyl/N-ethyl adjacent to an activating group) is 1. The van der Waals surface area contributed by atoms with Crippen LogP contribution in [0.5, 0.6) is 0 Å². The molecular weight excluding hydrogens is 228 g/mol. The van der Waals surface area contributed by atoms with E-state index in [-0.39, 0.29) is 0 Å². The molecule has 1 aliphatic rings. The van der Waals surface area contributed by atoms with Gasteiger partial charge in [-0.05, 0) is 20.4 Å². The Hall–Kier alpha value is -1.40. The third kappa shape index (κ3) is 2.70. The minimum Gasteiger partial charge on any atom is -0.354 e. The third-order valence-electron chi connectivity index (χ3n) is 3.47. The molecule has 1 fully saturated rings. The standard InChI is InChI=1S/C12H22N6/c1-4-17-5-6-18(8-10(17)3)11-7-9(2)14-12(15-11)16-13/h7,10H,4-6,8,13H2,1-3H3,(H,14,15,16). The van der Waals surface area contributed by atoms with E-state index in [1.54, 1.807) is 0 Å². The summed E-state index contributed by atoms with van der Waals surface area (Å²) in [4.78, 5) is 13.4. The molecule has 1 saturated heterocycles. The third-order valence-corrected chi connectivity index (χ3v) is 3.47. The zero-order chi connectivity index (χ0) is 13.1. The summed E-state index contributed by atoms with van der Waals surface area (Å²) in [5.74, 6) is 6.82. The first kappa shape index (κ1) is 13.0. The van der Waals surface area contributed by atoms with Crippen molar-refractivity contribution in [2.45, 2.75) is 26.8 Å². The second-order valence-corrected chi connectivity index (χ2v) is 4.76. The smallest absolute Gasteiger partial charge is 0.239 e. The Morgan fingerprint density at radius 1 is 1.44 bits per heavy atom. The van der Waals surface area contributed by atoms with Crippen LogP contribution in [0.4, 0.5) is 11.8 Å². The van der Waals surface area contributed by atoms with E-state index in [9.17, 15) is 0 Å². The van der Waals surface area contributed by atoms with Crippen molar-refractivity contribution in [2.24, 2.45) is 5.84 Å². The first-order valence-corrected chi connectivity index (χ1v) is 6.45. The predicted octanol–water partition coefficient (Wildman–Crippen LogP) is 0.601. The second kappa shape index (κ2) is 5.49. The summed E-state index contributed by atoms with van der Waals surface area (Å²) in [6.45, 7) is 10.6.